The summed E-state index contributed by atoms with van der Waals surface area (Å²) in [4.78, 5) is 8.34. The number of hydrogen-bond acceptors (Lipinski definition) is 4. The Hall–Kier alpha value is -1.75. The molecule has 2 aromatic heterocycles. The second kappa shape index (κ2) is 2.62. The molecule has 0 radical (unpaired) electrons. The number of nitrogens with zero attached hydrogens (tertiary/aromatic N) is 4. The zero-order chi connectivity index (χ0) is 9.54. The van der Waals surface area contributed by atoms with Gasteiger partial charge in [0.2, 0.25) is 0 Å². The number of hydrogen-bond donors (Lipinski definition) is 1. The summed E-state index contributed by atoms with van der Waals surface area (Å²) in [5, 5.41) is 10.8. The van der Waals surface area contributed by atoms with Crippen LogP contribution in [0.1, 0.15) is 0 Å². The maximum absolute atomic E-state index is 5.99. The quantitative estimate of drug-likeness (QED) is 0.605. The van der Waals surface area contributed by atoms with E-state index in [0.717, 1.165) is 16.6 Å². The highest BCUT2D eigenvalue weighted by molar-refractivity contribution is 6.36. The van der Waals surface area contributed by atoms with Gasteiger partial charge in [0.1, 0.15) is 16.6 Å². The Morgan fingerprint density at radius 2 is 2.00 bits per heavy atom. The van der Waals surface area contributed by atoms with Crippen LogP contribution < -0.4 is 0 Å². The van der Waals surface area contributed by atoms with E-state index < -0.39 is 0 Å². The van der Waals surface area contributed by atoms with Crippen LogP contribution in [0.15, 0.2) is 18.5 Å². The topological polar surface area (TPSA) is 67.3 Å². The van der Waals surface area contributed by atoms with Crippen molar-refractivity contribution in [3.63, 3.8) is 0 Å². The van der Waals surface area contributed by atoms with Crippen LogP contribution in [0.3, 0.4) is 0 Å². The zero-order valence-corrected chi connectivity index (χ0v) is 7.65. The third kappa shape index (κ3) is 0.898. The van der Waals surface area contributed by atoms with Gasteiger partial charge in [-0.2, -0.15) is 0 Å². The molecule has 0 amide bonds. The van der Waals surface area contributed by atoms with E-state index in [-0.39, 0.29) is 0 Å². The van der Waals surface area contributed by atoms with E-state index in [1.54, 1.807) is 18.5 Å². The van der Waals surface area contributed by atoms with Gasteiger partial charge in [0.15, 0.2) is 0 Å². The van der Waals surface area contributed by atoms with Crippen molar-refractivity contribution < 1.29 is 0 Å². The van der Waals surface area contributed by atoms with Gasteiger partial charge in [-0.15, -0.1) is 5.10 Å². The molecule has 6 heteroatoms. The third-order valence-electron chi connectivity index (χ3n) is 2.00. The normalized spacial score (nSPS) is 11.2. The van der Waals surface area contributed by atoms with E-state index >= 15 is 0 Å². The van der Waals surface area contributed by atoms with Gasteiger partial charge in [-0.05, 0) is 6.07 Å². The van der Waals surface area contributed by atoms with Crippen molar-refractivity contribution in [2.75, 3.05) is 0 Å². The molecule has 3 aromatic rings. The summed E-state index contributed by atoms with van der Waals surface area (Å²) in [7, 11) is 0. The first-order valence-electron chi connectivity index (χ1n) is 3.96. The van der Waals surface area contributed by atoms with E-state index in [1.807, 2.05) is 0 Å². The van der Waals surface area contributed by atoms with Crippen molar-refractivity contribution in [3.8, 4) is 0 Å². The lowest BCUT2D eigenvalue weighted by atomic mass is 10.2. The van der Waals surface area contributed by atoms with Gasteiger partial charge in [0.25, 0.3) is 0 Å². The van der Waals surface area contributed by atoms with Crippen molar-refractivity contribution in [2.24, 2.45) is 0 Å². The van der Waals surface area contributed by atoms with Crippen molar-refractivity contribution in [1.82, 2.24) is 25.4 Å². The van der Waals surface area contributed by atoms with Crippen LogP contribution in [-0.4, -0.2) is 25.4 Å². The number of nitrogens with one attached hydrogen (secondary N) is 1. The number of rotatable bonds is 0. The second-order valence-corrected chi connectivity index (χ2v) is 3.23. The predicted molar refractivity (Wildman–Crippen MR) is 52.0 cm³/mol. The molecule has 1 N–H and O–H groups in total. The molecule has 2 heterocycles. The summed E-state index contributed by atoms with van der Waals surface area (Å²) in [6.45, 7) is 0. The molecular weight excluding hydrogens is 202 g/mol. The fraction of sp³-hybridized carbons (Fsp3) is 0. The lowest BCUT2D eigenvalue weighted by molar-refractivity contribution is 0.960. The van der Waals surface area contributed by atoms with E-state index in [0.29, 0.717) is 10.5 Å². The van der Waals surface area contributed by atoms with Crippen LogP contribution >= 0.6 is 11.6 Å². The predicted octanol–water partition coefficient (Wildman–Crippen LogP) is 1.55. The van der Waals surface area contributed by atoms with E-state index in [4.69, 9.17) is 11.6 Å². The summed E-state index contributed by atoms with van der Waals surface area (Å²) in [5.74, 6) is 0. The maximum atomic E-state index is 5.99. The standard InChI is InChI=1S/C8H4ClN5/c9-4-3-5-7(11-2-1-10-5)8-6(4)12-14-13-8/h1-3H,(H,12,13,14). The minimum absolute atomic E-state index is 0.529. The zero-order valence-electron chi connectivity index (χ0n) is 6.90. The van der Waals surface area contributed by atoms with Crippen LogP contribution in [0.25, 0.3) is 22.1 Å². The summed E-state index contributed by atoms with van der Waals surface area (Å²) in [5.41, 5.74) is 2.81. The Labute approximate surface area is 83.1 Å². The largest absolute Gasteiger partial charge is 0.255 e. The number of halogens is 1. The monoisotopic (exact) mass is 205 g/mol. The Morgan fingerprint density at radius 1 is 1.14 bits per heavy atom. The molecule has 68 valence electrons. The van der Waals surface area contributed by atoms with Gasteiger partial charge in [-0.1, -0.05) is 16.8 Å². The molecule has 0 spiro atoms. The fourth-order valence-corrected chi connectivity index (χ4v) is 1.63. The van der Waals surface area contributed by atoms with Crippen LogP contribution in [-0.2, 0) is 0 Å². The van der Waals surface area contributed by atoms with Crippen molar-refractivity contribution in [3.05, 3.63) is 23.5 Å². The minimum Gasteiger partial charge on any atom is -0.255 e. The molecule has 0 saturated carbocycles. The first kappa shape index (κ1) is 7.64. The average Bonchev–Trinajstić information content (AvgIpc) is 2.67. The van der Waals surface area contributed by atoms with Crippen molar-refractivity contribution in [1.29, 1.82) is 0 Å². The molecular formula is C8H4ClN5. The highest BCUT2D eigenvalue weighted by atomic mass is 35.5. The van der Waals surface area contributed by atoms with Crippen LogP contribution in [0, 0.1) is 0 Å². The summed E-state index contributed by atoms with van der Waals surface area (Å²) in [6.07, 6.45) is 3.24. The third-order valence-corrected chi connectivity index (χ3v) is 2.29. The molecule has 0 atom stereocenters. The smallest absolute Gasteiger partial charge is 0.133 e. The lowest BCUT2D eigenvalue weighted by Crippen LogP contribution is -1.84. The Kier molecular flexibility index (Phi) is 1.43. The van der Waals surface area contributed by atoms with Gasteiger partial charge in [0, 0.05) is 12.4 Å². The first-order chi connectivity index (χ1) is 6.86. The number of aromatic nitrogens is 5. The first-order valence-corrected chi connectivity index (χ1v) is 4.34. The second-order valence-electron chi connectivity index (χ2n) is 2.82. The highest BCUT2D eigenvalue weighted by Crippen LogP contribution is 2.25. The van der Waals surface area contributed by atoms with Crippen molar-refractivity contribution >= 4 is 33.7 Å². The van der Waals surface area contributed by atoms with Gasteiger partial charge in [0.05, 0.1) is 10.5 Å². The van der Waals surface area contributed by atoms with Gasteiger partial charge >= 0.3 is 0 Å². The number of fused-ring (bicyclic) bond motifs is 3. The Bertz CT molecular complexity index is 617. The molecule has 0 bridgehead atoms. The molecule has 1 aromatic carbocycles. The average molecular weight is 206 g/mol. The SMILES string of the molecule is Clc1cc2nccnc2c2[nH]nnc12. The summed E-state index contributed by atoms with van der Waals surface area (Å²) < 4.78 is 0. The Morgan fingerprint density at radius 3 is 2.93 bits per heavy atom. The maximum Gasteiger partial charge on any atom is 0.133 e. The van der Waals surface area contributed by atoms with Crippen LogP contribution in [0.4, 0.5) is 0 Å². The van der Waals surface area contributed by atoms with Gasteiger partial charge in [-0.25, -0.2) is 0 Å². The molecule has 14 heavy (non-hydrogen) atoms. The summed E-state index contributed by atoms with van der Waals surface area (Å²) in [6, 6.07) is 1.73. The van der Waals surface area contributed by atoms with Gasteiger partial charge < -0.3 is 0 Å². The minimum atomic E-state index is 0.529. The Balaban J connectivity index is 2.66. The fourth-order valence-electron chi connectivity index (χ4n) is 1.40. The van der Waals surface area contributed by atoms with Crippen LogP contribution in [0.5, 0.6) is 0 Å². The number of aromatic amines is 1. The van der Waals surface area contributed by atoms with E-state index in [2.05, 4.69) is 25.4 Å². The van der Waals surface area contributed by atoms with E-state index in [1.165, 1.54) is 0 Å². The highest BCUT2D eigenvalue weighted by Gasteiger charge is 2.09. The lowest BCUT2D eigenvalue weighted by Gasteiger charge is -1.97. The molecule has 0 fully saturated rings. The molecule has 0 saturated heterocycles. The molecule has 0 unspecified atom stereocenters. The van der Waals surface area contributed by atoms with E-state index in [9.17, 15) is 0 Å². The molecule has 0 aliphatic carbocycles. The summed E-state index contributed by atoms with van der Waals surface area (Å²) >= 11 is 5.99. The molecule has 0 aliphatic rings. The van der Waals surface area contributed by atoms with Crippen molar-refractivity contribution in [2.45, 2.75) is 0 Å². The number of benzene rings is 1. The van der Waals surface area contributed by atoms with Gasteiger partial charge in [-0.3, -0.25) is 15.1 Å². The molecule has 3 rings (SSSR count). The molecule has 0 aliphatic heterocycles. The number of H-pyrrole nitrogens is 1. The van der Waals surface area contributed by atoms with Crippen LogP contribution in [0.2, 0.25) is 5.02 Å². The molecule has 5 nitrogen and oxygen atoms in total.